The van der Waals surface area contributed by atoms with E-state index < -0.39 is 0 Å². The minimum atomic E-state index is -0.252. The Morgan fingerprint density at radius 2 is 2.03 bits per heavy atom. The lowest BCUT2D eigenvalue weighted by Gasteiger charge is -2.06. The summed E-state index contributed by atoms with van der Waals surface area (Å²) < 4.78 is 6.43. The zero-order valence-corrected chi connectivity index (χ0v) is 15.8. The maximum absolute atomic E-state index is 12.4. The second-order valence-corrected chi connectivity index (χ2v) is 6.50. The third kappa shape index (κ3) is 4.07. The number of carbonyl (C=O) groups is 1. The van der Waals surface area contributed by atoms with Crippen molar-refractivity contribution >= 4 is 11.6 Å². The Bertz CT molecular complexity index is 1200. The van der Waals surface area contributed by atoms with Gasteiger partial charge in [-0.25, -0.2) is 9.50 Å². The Morgan fingerprint density at radius 1 is 1.21 bits per heavy atom. The van der Waals surface area contributed by atoms with E-state index in [1.807, 2.05) is 24.3 Å². The average molecular weight is 389 g/mol. The molecule has 0 saturated heterocycles. The number of fused-ring (bicyclic) bond motifs is 1. The largest absolute Gasteiger partial charge is 0.380 e. The number of nitrogens with one attached hydrogen (secondary N) is 2. The van der Waals surface area contributed by atoms with Crippen LogP contribution in [-0.4, -0.2) is 32.6 Å². The van der Waals surface area contributed by atoms with Crippen molar-refractivity contribution in [3.8, 4) is 11.3 Å². The molecule has 1 amide bonds. The fourth-order valence-corrected chi connectivity index (χ4v) is 2.99. The summed E-state index contributed by atoms with van der Waals surface area (Å²) in [5.41, 5.74) is 3.81. The van der Waals surface area contributed by atoms with Gasteiger partial charge in [0.25, 0.3) is 11.5 Å². The maximum atomic E-state index is 12.4. The van der Waals surface area contributed by atoms with Gasteiger partial charge in [0.15, 0.2) is 5.65 Å². The van der Waals surface area contributed by atoms with E-state index in [2.05, 4.69) is 20.4 Å². The molecule has 0 atom stereocenters. The number of amides is 1. The average Bonchev–Trinajstić information content (AvgIpc) is 3.18. The molecule has 0 aliphatic rings. The van der Waals surface area contributed by atoms with Crippen LogP contribution in [0.2, 0.25) is 0 Å². The van der Waals surface area contributed by atoms with Gasteiger partial charge in [-0.15, -0.1) is 0 Å². The zero-order chi connectivity index (χ0) is 20.2. The van der Waals surface area contributed by atoms with E-state index in [-0.39, 0.29) is 18.0 Å². The quantitative estimate of drug-likeness (QED) is 0.526. The summed E-state index contributed by atoms with van der Waals surface area (Å²) in [4.78, 5) is 33.3. The Balaban J connectivity index is 1.51. The van der Waals surface area contributed by atoms with Gasteiger partial charge in [-0.2, -0.15) is 0 Å². The molecule has 0 aliphatic heterocycles. The van der Waals surface area contributed by atoms with Gasteiger partial charge >= 0.3 is 0 Å². The van der Waals surface area contributed by atoms with Crippen LogP contribution >= 0.6 is 0 Å². The normalized spacial score (nSPS) is 10.9. The van der Waals surface area contributed by atoms with Gasteiger partial charge in [-0.3, -0.25) is 19.7 Å². The molecule has 0 bridgehead atoms. The highest BCUT2D eigenvalue weighted by atomic mass is 16.5. The lowest BCUT2D eigenvalue weighted by atomic mass is 10.1. The molecule has 4 rings (SSSR count). The lowest BCUT2D eigenvalue weighted by molar-refractivity contribution is 0.0950. The van der Waals surface area contributed by atoms with Crippen molar-refractivity contribution in [2.75, 3.05) is 7.11 Å². The number of aromatic amines is 1. The second-order valence-electron chi connectivity index (χ2n) is 6.50. The summed E-state index contributed by atoms with van der Waals surface area (Å²) in [6.07, 6.45) is 3.39. The van der Waals surface area contributed by atoms with Crippen molar-refractivity contribution in [2.24, 2.45) is 0 Å². The number of aromatic nitrogens is 4. The predicted molar refractivity (Wildman–Crippen MR) is 107 cm³/mol. The van der Waals surface area contributed by atoms with Crippen LogP contribution in [0.5, 0.6) is 0 Å². The Morgan fingerprint density at radius 3 is 2.76 bits per heavy atom. The smallest absolute Gasteiger partial charge is 0.272 e. The van der Waals surface area contributed by atoms with E-state index in [0.29, 0.717) is 23.5 Å². The molecule has 0 unspecified atom stereocenters. The SMILES string of the molecule is COCc1ccc(C(=O)NCc2cc(=O)n3[nH]c(-c4cccnc4)cc3n2)cc1. The molecule has 0 fully saturated rings. The van der Waals surface area contributed by atoms with E-state index >= 15 is 0 Å². The number of hydrogen-bond donors (Lipinski definition) is 2. The monoisotopic (exact) mass is 389 g/mol. The topological polar surface area (TPSA) is 101 Å². The zero-order valence-electron chi connectivity index (χ0n) is 15.8. The minimum absolute atomic E-state index is 0.151. The van der Waals surface area contributed by atoms with E-state index in [4.69, 9.17) is 4.74 Å². The standard InChI is InChI=1S/C21H19N5O3/c1-29-13-14-4-6-15(7-5-14)21(28)23-12-17-9-20(27)26-19(24-17)10-18(25-26)16-3-2-8-22-11-16/h2-11,25H,12-13H2,1H3,(H,23,28). The number of H-pyrrole nitrogens is 1. The Labute approximate surface area is 166 Å². The van der Waals surface area contributed by atoms with Crippen molar-refractivity contribution in [1.82, 2.24) is 24.9 Å². The molecule has 29 heavy (non-hydrogen) atoms. The van der Waals surface area contributed by atoms with Crippen molar-refractivity contribution in [2.45, 2.75) is 13.2 Å². The van der Waals surface area contributed by atoms with Gasteiger partial charge in [-0.1, -0.05) is 12.1 Å². The third-order valence-electron chi connectivity index (χ3n) is 4.43. The molecular weight excluding hydrogens is 370 g/mol. The van der Waals surface area contributed by atoms with Crippen LogP contribution in [0, 0.1) is 0 Å². The minimum Gasteiger partial charge on any atom is -0.380 e. The highest BCUT2D eigenvalue weighted by Crippen LogP contribution is 2.16. The number of benzene rings is 1. The third-order valence-corrected chi connectivity index (χ3v) is 4.43. The summed E-state index contributed by atoms with van der Waals surface area (Å²) in [7, 11) is 1.62. The summed E-state index contributed by atoms with van der Waals surface area (Å²) in [6.45, 7) is 0.644. The van der Waals surface area contributed by atoms with Crippen molar-refractivity contribution < 1.29 is 9.53 Å². The number of hydrogen-bond acceptors (Lipinski definition) is 5. The molecular formula is C21H19N5O3. The van der Waals surface area contributed by atoms with Crippen LogP contribution in [0.25, 0.3) is 16.9 Å². The van der Waals surface area contributed by atoms with E-state index in [1.54, 1.807) is 37.7 Å². The van der Waals surface area contributed by atoms with Gasteiger partial charge in [-0.05, 0) is 29.8 Å². The number of ether oxygens (including phenoxy) is 1. The molecule has 2 N–H and O–H groups in total. The highest BCUT2D eigenvalue weighted by Gasteiger charge is 2.10. The summed E-state index contributed by atoms with van der Waals surface area (Å²) >= 11 is 0. The first-order chi connectivity index (χ1) is 14.1. The van der Waals surface area contributed by atoms with Crippen LogP contribution in [0.4, 0.5) is 0 Å². The first-order valence-electron chi connectivity index (χ1n) is 9.02. The summed E-state index contributed by atoms with van der Waals surface area (Å²) in [5.74, 6) is -0.235. The van der Waals surface area contributed by atoms with Crippen LogP contribution in [0.1, 0.15) is 21.6 Å². The number of carbonyl (C=O) groups excluding carboxylic acids is 1. The van der Waals surface area contributed by atoms with Crippen LogP contribution in [-0.2, 0) is 17.9 Å². The molecule has 8 heteroatoms. The molecule has 3 heterocycles. The molecule has 3 aromatic heterocycles. The second kappa shape index (κ2) is 8.07. The fourth-order valence-electron chi connectivity index (χ4n) is 2.99. The number of pyridine rings is 1. The van der Waals surface area contributed by atoms with E-state index in [9.17, 15) is 9.59 Å². The fraction of sp³-hybridized carbons (Fsp3) is 0.143. The molecule has 146 valence electrons. The lowest BCUT2D eigenvalue weighted by Crippen LogP contribution is -2.25. The first-order valence-corrected chi connectivity index (χ1v) is 9.02. The van der Waals surface area contributed by atoms with Crippen LogP contribution in [0.15, 0.2) is 65.7 Å². The van der Waals surface area contributed by atoms with Gasteiger partial charge in [0.05, 0.1) is 24.5 Å². The molecule has 0 spiro atoms. The van der Waals surface area contributed by atoms with Crippen LogP contribution < -0.4 is 10.9 Å². The van der Waals surface area contributed by atoms with Crippen LogP contribution in [0.3, 0.4) is 0 Å². The van der Waals surface area contributed by atoms with Crippen molar-refractivity contribution in [1.29, 1.82) is 0 Å². The number of nitrogens with zero attached hydrogens (tertiary/aromatic N) is 3. The molecule has 4 aromatic rings. The van der Waals surface area contributed by atoms with Crippen molar-refractivity contribution in [3.63, 3.8) is 0 Å². The molecule has 0 radical (unpaired) electrons. The van der Waals surface area contributed by atoms with Gasteiger partial charge in [0.1, 0.15) is 0 Å². The Kier molecular flexibility index (Phi) is 5.17. The summed E-state index contributed by atoms with van der Waals surface area (Å²) in [6, 6.07) is 14.0. The maximum Gasteiger partial charge on any atom is 0.272 e. The molecule has 1 aromatic carbocycles. The Hall–Kier alpha value is -3.78. The van der Waals surface area contributed by atoms with E-state index in [0.717, 1.165) is 16.8 Å². The molecule has 0 saturated carbocycles. The molecule has 0 aliphatic carbocycles. The number of rotatable bonds is 6. The van der Waals surface area contributed by atoms with Crippen molar-refractivity contribution in [3.05, 3.63) is 88.1 Å². The van der Waals surface area contributed by atoms with Gasteiger partial charge in [0, 0.05) is 42.8 Å². The summed E-state index contributed by atoms with van der Waals surface area (Å²) in [5, 5.41) is 5.81. The van der Waals surface area contributed by atoms with Gasteiger partial charge in [0.2, 0.25) is 0 Å². The van der Waals surface area contributed by atoms with E-state index in [1.165, 1.54) is 10.6 Å². The van der Waals surface area contributed by atoms with Gasteiger partial charge < -0.3 is 10.1 Å². The predicted octanol–water partition coefficient (Wildman–Crippen LogP) is 2.16. The molecule has 8 nitrogen and oxygen atoms in total. The number of methoxy groups -OCH3 is 1. The highest BCUT2D eigenvalue weighted by molar-refractivity contribution is 5.94. The first kappa shape index (κ1) is 18.6.